The summed E-state index contributed by atoms with van der Waals surface area (Å²) in [5, 5.41) is 4.33. The number of nitrogens with two attached hydrogens (primary N) is 1. The highest BCUT2D eigenvalue weighted by atomic mass is 19.4. The molecule has 2 heterocycles. The first kappa shape index (κ1) is 14.1. The largest absolute Gasteiger partial charge is 0.416 e. The number of aryl methyl sites for hydroxylation is 1. The molecular weight excluding hydrogens is 281 g/mol. The fourth-order valence-electron chi connectivity index (χ4n) is 2.55. The first-order chi connectivity index (χ1) is 9.93. The fraction of sp³-hybridized carbons (Fsp3) is 0.429. The Hall–Kier alpha value is -1.89. The quantitative estimate of drug-likeness (QED) is 0.927. The second-order valence-corrected chi connectivity index (χ2v) is 5.23. The van der Waals surface area contributed by atoms with E-state index in [-0.39, 0.29) is 12.5 Å². The van der Waals surface area contributed by atoms with E-state index < -0.39 is 11.7 Å². The fourth-order valence-corrected chi connectivity index (χ4v) is 2.55. The Morgan fingerprint density at radius 3 is 2.86 bits per heavy atom. The minimum atomic E-state index is -4.33. The van der Waals surface area contributed by atoms with Gasteiger partial charge in [-0.1, -0.05) is 18.2 Å². The van der Waals surface area contributed by atoms with E-state index in [1.807, 2.05) is 0 Å². The van der Waals surface area contributed by atoms with Gasteiger partial charge in [0.2, 0.25) is 0 Å². The van der Waals surface area contributed by atoms with Crippen molar-refractivity contribution in [1.29, 1.82) is 0 Å². The van der Waals surface area contributed by atoms with E-state index in [4.69, 9.17) is 5.73 Å². The predicted octanol–water partition coefficient (Wildman–Crippen LogP) is 2.68. The molecule has 1 atom stereocenters. The molecule has 2 aromatic rings. The summed E-state index contributed by atoms with van der Waals surface area (Å²) in [5.74, 6) is 1.24. The molecule has 1 aliphatic rings. The lowest BCUT2D eigenvalue weighted by atomic mass is 10.1. The number of aromatic nitrogens is 3. The summed E-state index contributed by atoms with van der Waals surface area (Å²) < 4.78 is 39.8. The van der Waals surface area contributed by atoms with Crippen LogP contribution >= 0.6 is 0 Å². The second kappa shape index (κ2) is 5.14. The van der Waals surface area contributed by atoms with E-state index >= 15 is 0 Å². The van der Waals surface area contributed by atoms with Crippen LogP contribution in [0, 0.1) is 0 Å². The number of fused-ring (bicyclic) bond motifs is 1. The molecule has 0 bridgehead atoms. The summed E-state index contributed by atoms with van der Waals surface area (Å²) in [7, 11) is 0. The summed E-state index contributed by atoms with van der Waals surface area (Å²) in [6, 6.07) is 5.11. The van der Waals surface area contributed by atoms with Crippen molar-refractivity contribution in [2.24, 2.45) is 5.73 Å². The van der Waals surface area contributed by atoms with Crippen molar-refractivity contribution >= 4 is 0 Å². The summed E-state index contributed by atoms with van der Waals surface area (Å²) in [6.07, 6.45) is -2.25. The van der Waals surface area contributed by atoms with Crippen molar-refractivity contribution in [1.82, 2.24) is 14.8 Å². The third kappa shape index (κ3) is 2.92. The molecule has 1 aromatic carbocycles. The van der Waals surface area contributed by atoms with Crippen molar-refractivity contribution in [3.05, 3.63) is 47.0 Å². The van der Waals surface area contributed by atoms with Crippen molar-refractivity contribution < 1.29 is 13.2 Å². The molecule has 3 rings (SSSR count). The maximum absolute atomic E-state index is 12.7. The van der Waals surface area contributed by atoms with Crippen LogP contribution in [0.25, 0.3) is 0 Å². The van der Waals surface area contributed by atoms with Crippen LogP contribution < -0.4 is 5.73 Å². The molecule has 0 saturated carbocycles. The van der Waals surface area contributed by atoms with Gasteiger partial charge in [-0.25, -0.2) is 9.67 Å². The van der Waals surface area contributed by atoms with E-state index in [2.05, 4.69) is 10.1 Å². The molecule has 0 fully saturated rings. The first-order valence-corrected chi connectivity index (χ1v) is 6.79. The second-order valence-electron chi connectivity index (χ2n) is 5.23. The lowest BCUT2D eigenvalue weighted by Crippen LogP contribution is -2.22. The van der Waals surface area contributed by atoms with Gasteiger partial charge in [0, 0.05) is 13.0 Å². The van der Waals surface area contributed by atoms with Gasteiger partial charge < -0.3 is 5.73 Å². The molecule has 7 heteroatoms. The van der Waals surface area contributed by atoms with Gasteiger partial charge >= 0.3 is 6.18 Å². The van der Waals surface area contributed by atoms with Crippen molar-refractivity contribution in [2.45, 2.75) is 38.0 Å². The minimum Gasteiger partial charge on any atom is -0.321 e. The molecule has 112 valence electrons. The number of rotatable bonds is 2. The van der Waals surface area contributed by atoms with Crippen LogP contribution in [-0.4, -0.2) is 14.8 Å². The van der Waals surface area contributed by atoms with Crippen LogP contribution in [0.2, 0.25) is 0 Å². The Balaban J connectivity index is 1.84. The monoisotopic (exact) mass is 296 g/mol. The molecule has 0 aliphatic carbocycles. The van der Waals surface area contributed by atoms with Gasteiger partial charge in [-0.3, -0.25) is 0 Å². The standard InChI is InChI=1S/C14H15F3N4/c15-14(16,17)10-4-1-3-9(7-10)8-12-19-13-11(18)5-2-6-21(13)20-12/h1,3-4,7,11H,2,5-6,8,18H2. The van der Waals surface area contributed by atoms with Crippen LogP contribution in [0.4, 0.5) is 13.2 Å². The van der Waals surface area contributed by atoms with Gasteiger partial charge in [0.25, 0.3) is 0 Å². The Labute approximate surface area is 119 Å². The Morgan fingerprint density at radius 2 is 2.14 bits per heavy atom. The van der Waals surface area contributed by atoms with E-state index in [1.165, 1.54) is 6.07 Å². The topological polar surface area (TPSA) is 56.7 Å². The van der Waals surface area contributed by atoms with E-state index in [0.29, 0.717) is 11.4 Å². The van der Waals surface area contributed by atoms with Gasteiger partial charge in [0.05, 0.1) is 11.6 Å². The van der Waals surface area contributed by atoms with Crippen molar-refractivity contribution in [3.8, 4) is 0 Å². The highest BCUT2D eigenvalue weighted by Crippen LogP contribution is 2.30. The number of benzene rings is 1. The number of alkyl halides is 3. The molecule has 1 aromatic heterocycles. The van der Waals surface area contributed by atoms with Gasteiger partial charge in [-0.2, -0.15) is 18.3 Å². The average molecular weight is 296 g/mol. The van der Waals surface area contributed by atoms with Crippen LogP contribution in [0.15, 0.2) is 24.3 Å². The van der Waals surface area contributed by atoms with Crippen LogP contribution in [0.5, 0.6) is 0 Å². The maximum Gasteiger partial charge on any atom is 0.416 e. The molecule has 1 unspecified atom stereocenters. The van der Waals surface area contributed by atoms with Crippen molar-refractivity contribution in [2.75, 3.05) is 0 Å². The highest BCUT2D eigenvalue weighted by molar-refractivity contribution is 5.27. The average Bonchev–Trinajstić information content (AvgIpc) is 2.82. The molecule has 21 heavy (non-hydrogen) atoms. The van der Waals surface area contributed by atoms with Crippen LogP contribution in [-0.2, 0) is 19.1 Å². The molecule has 0 amide bonds. The first-order valence-electron chi connectivity index (χ1n) is 6.79. The van der Waals surface area contributed by atoms with Gasteiger partial charge in [0.15, 0.2) is 5.82 Å². The zero-order valence-electron chi connectivity index (χ0n) is 11.3. The maximum atomic E-state index is 12.7. The number of hydrogen-bond donors (Lipinski definition) is 1. The number of hydrogen-bond acceptors (Lipinski definition) is 3. The predicted molar refractivity (Wildman–Crippen MR) is 70.4 cm³/mol. The smallest absolute Gasteiger partial charge is 0.321 e. The van der Waals surface area contributed by atoms with Crippen LogP contribution in [0.1, 0.15) is 41.7 Å². The number of halogens is 3. The summed E-state index contributed by atoms with van der Waals surface area (Å²) >= 11 is 0. The Morgan fingerprint density at radius 1 is 1.33 bits per heavy atom. The summed E-state index contributed by atoms with van der Waals surface area (Å²) in [6.45, 7) is 0.763. The lowest BCUT2D eigenvalue weighted by Gasteiger charge is -2.17. The van der Waals surface area contributed by atoms with Gasteiger partial charge in [0.1, 0.15) is 5.82 Å². The minimum absolute atomic E-state index is 0.137. The molecule has 2 N–H and O–H groups in total. The zero-order chi connectivity index (χ0) is 15.0. The third-order valence-electron chi connectivity index (χ3n) is 3.58. The normalized spacial score (nSPS) is 18.6. The molecule has 0 radical (unpaired) electrons. The molecule has 1 aliphatic heterocycles. The number of nitrogens with zero attached hydrogens (tertiary/aromatic N) is 3. The van der Waals surface area contributed by atoms with E-state index in [0.717, 1.165) is 37.3 Å². The van der Waals surface area contributed by atoms with E-state index in [9.17, 15) is 13.2 Å². The third-order valence-corrected chi connectivity index (χ3v) is 3.58. The van der Waals surface area contributed by atoms with E-state index in [1.54, 1.807) is 10.7 Å². The Bertz CT molecular complexity index is 648. The summed E-state index contributed by atoms with van der Waals surface area (Å²) in [5.41, 5.74) is 5.85. The molecule has 0 spiro atoms. The Kier molecular flexibility index (Phi) is 3.44. The highest BCUT2D eigenvalue weighted by Gasteiger charge is 2.30. The molecule has 4 nitrogen and oxygen atoms in total. The summed E-state index contributed by atoms with van der Waals surface area (Å²) in [4.78, 5) is 4.36. The molecular formula is C14H15F3N4. The van der Waals surface area contributed by atoms with Crippen molar-refractivity contribution in [3.63, 3.8) is 0 Å². The van der Waals surface area contributed by atoms with Gasteiger partial charge in [-0.05, 0) is 24.5 Å². The van der Waals surface area contributed by atoms with Crippen LogP contribution in [0.3, 0.4) is 0 Å². The zero-order valence-corrected chi connectivity index (χ0v) is 11.3. The lowest BCUT2D eigenvalue weighted by molar-refractivity contribution is -0.137. The molecule has 0 saturated heterocycles. The SMILES string of the molecule is NC1CCCn2nc(Cc3cccc(C(F)(F)F)c3)nc21. The van der Waals surface area contributed by atoms with Gasteiger partial charge in [-0.15, -0.1) is 0 Å².